The maximum absolute atomic E-state index is 14.0. The molecule has 0 heterocycles. The Bertz CT molecular complexity index is 1000. The Morgan fingerprint density at radius 2 is 1.61 bits per heavy atom. The molecule has 2 aromatic carbocycles. The molecule has 2 atom stereocenters. The van der Waals surface area contributed by atoms with Gasteiger partial charge in [-0.2, -0.15) is 0 Å². The first-order valence-corrected chi connectivity index (χ1v) is 12.7. The van der Waals surface area contributed by atoms with E-state index in [1.54, 1.807) is 25.7 Å². The molecule has 2 N–H and O–H groups in total. The van der Waals surface area contributed by atoms with Gasteiger partial charge in [0.2, 0.25) is 11.8 Å². The molecule has 0 saturated carbocycles. The number of hydrogen-bond acceptors (Lipinski definition) is 4. The summed E-state index contributed by atoms with van der Waals surface area (Å²) in [5.41, 5.74) is 1.86. The van der Waals surface area contributed by atoms with Gasteiger partial charge >= 0.3 is 6.09 Å². The van der Waals surface area contributed by atoms with Gasteiger partial charge in [-0.05, 0) is 57.7 Å². The van der Waals surface area contributed by atoms with E-state index in [0.29, 0.717) is 13.1 Å². The molecule has 2 unspecified atom stereocenters. The summed E-state index contributed by atoms with van der Waals surface area (Å²) in [6, 6.07) is 15.3. The number of unbranched alkanes of at least 4 members (excludes halogenated alkanes) is 1. The lowest BCUT2D eigenvalue weighted by Crippen LogP contribution is -2.53. The maximum Gasteiger partial charge on any atom is 0.408 e. The number of nitrogens with zero attached hydrogens (tertiary/aromatic N) is 1. The molecule has 0 aromatic heterocycles. The second-order valence-corrected chi connectivity index (χ2v) is 9.92. The molecule has 0 bridgehead atoms. The highest BCUT2D eigenvalue weighted by Crippen LogP contribution is 2.26. The molecule has 2 rings (SSSR count). The predicted molar refractivity (Wildman–Crippen MR) is 143 cm³/mol. The summed E-state index contributed by atoms with van der Waals surface area (Å²) >= 11 is 0. The highest BCUT2D eigenvalue weighted by molar-refractivity contribution is 5.92. The van der Waals surface area contributed by atoms with Crippen LogP contribution in [0.3, 0.4) is 0 Å². The molecule has 36 heavy (non-hydrogen) atoms. The van der Waals surface area contributed by atoms with Crippen LogP contribution < -0.4 is 10.6 Å². The van der Waals surface area contributed by atoms with Crippen molar-refractivity contribution in [1.82, 2.24) is 15.5 Å². The number of likely N-dealkylation sites (N-methyl/N-ethyl adjacent to an activating group) is 1. The van der Waals surface area contributed by atoms with Crippen LogP contribution in [0.15, 0.2) is 54.6 Å². The molecule has 0 aliphatic rings. The Labute approximate surface area is 215 Å². The van der Waals surface area contributed by atoms with Gasteiger partial charge in [-0.15, -0.1) is 0 Å². The van der Waals surface area contributed by atoms with Gasteiger partial charge in [-0.3, -0.25) is 9.59 Å². The van der Waals surface area contributed by atoms with Gasteiger partial charge in [0.15, 0.2) is 0 Å². The molecule has 0 fully saturated rings. The summed E-state index contributed by atoms with van der Waals surface area (Å²) in [5, 5.41) is 5.76. The number of ether oxygens (including phenoxy) is 1. The lowest BCUT2D eigenvalue weighted by atomic mass is 9.97. The molecule has 0 radical (unpaired) electrons. The van der Waals surface area contributed by atoms with Crippen LogP contribution in [0.5, 0.6) is 0 Å². The number of amides is 3. The van der Waals surface area contributed by atoms with Crippen molar-refractivity contribution in [2.75, 3.05) is 13.1 Å². The molecule has 0 spiro atoms. The quantitative estimate of drug-likeness (QED) is 0.433. The Hall–Kier alpha value is -3.35. The monoisotopic (exact) mass is 495 g/mol. The van der Waals surface area contributed by atoms with E-state index in [1.807, 2.05) is 68.4 Å². The van der Waals surface area contributed by atoms with Crippen LogP contribution in [-0.2, 0) is 20.7 Å². The Morgan fingerprint density at radius 1 is 0.972 bits per heavy atom. The van der Waals surface area contributed by atoms with E-state index >= 15 is 0 Å². The van der Waals surface area contributed by atoms with Crippen LogP contribution in [0.1, 0.15) is 70.2 Å². The fraction of sp³-hybridized carbons (Fsp3) is 0.483. The Morgan fingerprint density at radius 3 is 2.19 bits per heavy atom. The predicted octanol–water partition coefficient (Wildman–Crippen LogP) is 4.94. The zero-order chi connectivity index (χ0) is 26.7. The first kappa shape index (κ1) is 28.9. The number of nitrogens with one attached hydrogen (secondary N) is 2. The zero-order valence-corrected chi connectivity index (χ0v) is 22.5. The fourth-order valence-electron chi connectivity index (χ4n) is 3.99. The lowest BCUT2D eigenvalue weighted by Gasteiger charge is -2.34. The lowest BCUT2D eigenvalue weighted by molar-refractivity contribution is -0.142. The van der Waals surface area contributed by atoms with Gasteiger partial charge in [-0.1, -0.05) is 67.9 Å². The van der Waals surface area contributed by atoms with Crippen LogP contribution in [0, 0.1) is 6.92 Å². The molecule has 7 heteroatoms. The first-order valence-electron chi connectivity index (χ1n) is 12.7. The SMILES string of the molecule is CCCCNC(=O)C(c1ccccc1C)N(CC)C(=O)C(Cc1ccccc1)NC(=O)OC(C)(C)C. The highest BCUT2D eigenvalue weighted by atomic mass is 16.6. The second-order valence-electron chi connectivity index (χ2n) is 9.92. The fourth-order valence-corrected chi connectivity index (χ4v) is 3.99. The van der Waals surface area contributed by atoms with Gasteiger partial charge in [0.1, 0.15) is 17.7 Å². The van der Waals surface area contributed by atoms with Gasteiger partial charge in [0.25, 0.3) is 0 Å². The summed E-state index contributed by atoms with van der Waals surface area (Å²) in [5.74, 6) is -0.574. The van der Waals surface area contributed by atoms with Crippen molar-refractivity contribution < 1.29 is 19.1 Å². The summed E-state index contributed by atoms with van der Waals surface area (Å²) in [6.45, 7) is 12.0. The van der Waals surface area contributed by atoms with Crippen molar-refractivity contribution >= 4 is 17.9 Å². The average Bonchev–Trinajstić information content (AvgIpc) is 2.82. The molecule has 196 valence electrons. The number of carbonyl (C=O) groups is 3. The van der Waals surface area contributed by atoms with E-state index in [9.17, 15) is 14.4 Å². The Kier molecular flexibility index (Phi) is 11.0. The summed E-state index contributed by atoms with van der Waals surface area (Å²) in [4.78, 5) is 41.7. The van der Waals surface area contributed by atoms with Gasteiger partial charge in [-0.25, -0.2) is 4.79 Å². The van der Waals surface area contributed by atoms with Crippen molar-refractivity contribution in [2.24, 2.45) is 0 Å². The van der Waals surface area contributed by atoms with E-state index in [0.717, 1.165) is 29.5 Å². The minimum Gasteiger partial charge on any atom is -0.444 e. The van der Waals surface area contributed by atoms with Crippen molar-refractivity contribution in [1.29, 1.82) is 0 Å². The van der Waals surface area contributed by atoms with Crippen molar-refractivity contribution in [3.05, 3.63) is 71.3 Å². The van der Waals surface area contributed by atoms with Crippen molar-refractivity contribution in [3.8, 4) is 0 Å². The van der Waals surface area contributed by atoms with E-state index in [1.165, 1.54) is 0 Å². The van der Waals surface area contributed by atoms with E-state index in [-0.39, 0.29) is 18.2 Å². The van der Waals surface area contributed by atoms with Crippen molar-refractivity contribution in [2.45, 2.75) is 78.5 Å². The number of rotatable bonds is 11. The normalized spacial score (nSPS) is 12.8. The number of alkyl carbamates (subject to hydrolysis) is 1. The molecular formula is C29H41N3O4. The number of carbonyl (C=O) groups excluding carboxylic acids is 3. The summed E-state index contributed by atoms with van der Waals surface area (Å²) < 4.78 is 5.45. The average molecular weight is 496 g/mol. The topological polar surface area (TPSA) is 87.7 Å². The highest BCUT2D eigenvalue weighted by Gasteiger charge is 2.36. The number of aryl methyl sites for hydroxylation is 1. The van der Waals surface area contributed by atoms with Gasteiger partial charge in [0, 0.05) is 19.5 Å². The molecule has 3 amide bonds. The minimum absolute atomic E-state index is 0.233. The number of hydrogen-bond donors (Lipinski definition) is 2. The van der Waals surface area contributed by atoms with Crippen LogP contribution in [0.4, 0.5) is 4.79 Å². The third-order valence-corrected chi connectivity index (χ3v) is 5.77. The van der Waals surface area contributed by atoms with Crippen LogP contribution in [-0.4, -0.2) is 47.5 Å². The third-order valence-electron chi connectivity index (χ3n) is 5.77. The summed E-state index contributed by atoms with van der Waals surface area (Å²) in [6.07, 6.45) is 1.40. The van der Waals surface area contributed by atoms with Crippen molar-refractivity contribution in [3.63, 3.8) is 0 Å². The van der Waals surface area contributed by atoms with E-state index in [4.69, 9.17) is 4.74 Å². The van der Waals surface area contributed by atoms with Crippen LogP contribution in [0.25, 0.3) is 0 Å². The van der Waals surface area contributed by atoms with Crippen LogP contribution >= 0.6 is 0 Å². The minimum atomic E-state index is -0.905. The zero-order valence-electron chi connectivity index (χ0n) is 22.5. The molecule has 7 nitrogen and oxygen atoms in total. The summed E-state index contributed by atoms with van der Waals surface area (Å²) in [7, 11) is 0. The second kappa shape index (κ2) is 13.7. The third kappa shape index (κ3) is 8.70. The van der Waals surface area contributed by atoms with E-state index in [2.05, 4.69) is 17.6 Å². The molecular weight excluding hydrogens is 454 g/mol. The van der Waals surface area contributed by atoms with Gasteiger partial charge in [0.05, 0.1) is 0 Å². The largest absolute Gasteiger partial charge is 0.444 e. The molecule has 0 aliphatic heterocycles. The Balaban J connectivity index is 2.44. The first-order chi connectivity index (χ1) is 17.1. The molecule has 0 saturated heterocycles. The number of benzene rings is 2. The maximum atomic E-state index is 14.0. The van der Waals surface area contributed by atoms with Gasteiger partial charge < -0.3 is 20.3 Å². The van der Waals surface area contributed by atoms with Crippen LogP contribution in [0.2, 0.25) is 0 Å². The molecule has 2 aromatic rings. The standard InChI is InChI=1S/C29H41N3O4/c1-7-9-19-30-26(33)25(23-18-14-13-15-21(23)3)32(8-2)27(34)24(20-22-16-11-10-12-17-22)31-28(35)36-29(4,5)6/h10-18,24-25H,7-9,19-20H2,1-6H3,(H,30,33)(H,31,35). The molecule has 0 aliphatic carbocycles. The van der Waals surface area contributed by atoms with E-state index < -0.39 is 23.8 Å². The smallest absolute Gasteiger partial charge is 0.408 e.